The number of hydrogen-bond donors (Lipinski definition) is 4. The van der Waals surface area contributed by atoms with Crippen LogP contribution in [0.1, 0.15) is 6.92 Å². The van der Waals surface area contributed by atoms with Gasteiger partial charge in [0.2, 0.25) is 0 Å². The fourth-order valence-corrected chi connectivity index (χ4v) is 0.595. The second-order valence-electron chi connectivity index (χ2n) is 2.40. The van der Waals surface area contributed by atoms with Gasteiger partial charge in [-0.05, 0) is 0 Å². The van der Waals surface area contributed by atoms with Gasteiger partial charge < -0.3 is 20.4 Å². The normalized spacial score (nSPS) is 20.1. The maximum atomic E-state index is 9.02. The van der Waals surface area contributed by atoms with Gasteiger partial charge in [-0.2, -0.15) is 0 Å². The molecule has 0 bridgehead atoms. The first kappa shape index (κ1) is 9.84. The van der Waals surface area contributed by atoms with E-state index >= 15 is 0 Å². The molecule has 0 fully saturated rings. The summed E-state index contributed by atoms with van der Waals surface area (Å²) in [4.78, 5) is 0. The second kappa shape index (κ2) is 4.62. The SMILES string of the molecule is CC(CO)C(O)C(O)CO. The Hall–Kier alpha value is -0.160. The molecule has 0 aromatic rings. The Bertz CT molecular complexity index is 75.8. The van der Waals surface area contributed by atoms with E-state index in [9.17, 15) is 0 Å². The summed E-state index contributed by atoms with van der Waals surface area (Å²) < 4.78 is 0. The van der Waals surface area contributed by atoms with Gasteiger partial charge in [0.15, 0.2) is 0 Å². The zero-order chi connectivity index (χ0) is 8.15. The zero-order valence-electron chi connectivity index (χ0n) is 5.94. The lowest BCUT2D eigenvalue weighted by Gasteiger charge is -2.20. The molecule has 62 valence electrons. The monoisotopic (exact) mass is 150 g/mol. The van der Waals surface area contributed by atoms with Crippen LogP contribution in [0.25, 0.3) is 0 Å². The first-order valence-corrected chi connectivity index (χ1v) is 3.21. The molecule has 0 heterocycles. The van der Waals surface area contributed by atoms with Crippen molar-refractivity contribution in [3.8, 4) is 0 Å². The van der Waals surface area contributed by atoms with Crippen LogP contribution in [0.15, 0.2) is 0 Å². The average Bonchev–Trinajstić information content (AvgIpc) is 2.00. The summed E-state index contributed by atoms with van der Waals surface area (Å²) in [6.07, 6.45) is -2.20. The lowest BCUT2D eigenvalue weighted by Crippen LogP contribution is -2.36. The smallest absolute Gasteiger partial charge is 0.103 e. The lowest BCUT2D eigenvalue weighted by molar-refractivity contribution is -0.0496. The fraction of sp³-hybridized carbons (Fsp3) is 1.00. The van der Waals surface area contributed by atoms with Crippen LogP contribution in [0.5, 0.6) is 0 Å². The summed E-state index contributed by atoms with van der Waals surface area (Å²) in [6, 6.07) is 0. The minimum Gasteiger partial charge on any atom is -0.396 e. The van der Waals surface area contributed by atoms with E-state index in [4.69, 9.17) is 20.4 Å². The molecule has 0 aromatic heterocycles. The molecule has 0 rings (SSSR count). The molecule has 4 heteroatoms. The Morgan fingerprint density at radius 1 is 1.10 bits per heavy atom. The molecule has 4 nitrogen and oxygen atoms in total. The van der Waals surface area contributed by atoms with E-state index in [2.05, 4.69) is 0 Å². The molecule has 3 unspecified atom stereocenters. The van der Waals surface area contributed by atoms with Gasteiger partial charge in [0, 0.05) is 12.5 Å². The number of aliphatic hydroxyl groups is 4. The molecule has 4 N–H and O–H groups in total. The molecule has 0 aliphatic carbocycles. The predicted molar refractivity (Wildman–Crippen MR) is 35.3 cm³/mol. The van der Waals surface area contributed by atoms with Crippen molar-refractivity contribution in [1.82, 2.24) is 0 Å². The van der Waals surface area contributed by atoms with Gasteiger partial charge in [-0.3, -0.25) is 0 Å². The van der Waals surface area contributed by atoms with E-state index in [1.165, 1.54) is 0 Å². The maximum absolute atomic E-state index is 9.02. The van der Waals surface area contributed by atoms with Gasteiger partial charge in [-0.15, -0.1) is 0 Å². The van der Waals surface area contributed by atoms with Crippen LogP contribution in [-0.2, 0) is 0 Å². The average molecular weight is 150 g/mol. The third-order valence-corrected chi connectivity index (χ3v) is 1.45. The van der Waals surface area contributed by atoms with E-state index in [0.717, 1.165) is 0 Å². The Kier molecular flexibility index (Phi) is 4.55. The minimum atomic E-state index is -1.15. The van der Waals surface area contributed by atoms with Crippen LogP contribution in [-0.4, -0.2) is 45.8 Å². The van der Waals surface area contributed by atoms with Gasteiger partial charge in [0.05, 0.1) is 12.7 Å². The third-order valence-electron chi connectivity index (χ3n) is 1.45. The predicted octanol–water partition coefficient (Wildman–Crippen LogP) is -1.67. The van der Waals surface area contributed by atoms with Crippen LogP contribution < -0.4 is 0 Å². The highest BCUT2D eigenvalue weighted by Crippen LogP contribution is 2.05. The molecule has 0 spiro atoms. The molecule has 0 amide bonds. The fourth-order valence-electron chi connectivity index (χ4n) is 0.595. The standard InChI is InChI=1S/C6H14O4/c1-4(2-7)6(10)5(9)3-8/h4-10H,2-3H2,1H3. The maximum Gasteiger partial charge on any atom is 0.103 e. The number of hydrogen-bond acceptors (Lipinski definition) is 4. The quantitative estimate of drug-likeness (QED) is 0.386. The summed E-state index contributed by atoms with van der Waals surface area (Å²) in [5, 5.41) is 34.7. The van der Waals surface area contributed by atoms with Crippen molar-refractivity contribution < 1.29 is 20.4 Å². The van der Waals surface area contributed by atoms with Crippen molar-refractivity contribution in [2.45, 2.75) is 19.1 Å². The molecular formula is C6H14O4. The van der Waals surface area contributed by atoms with Crippen molar-refractivity contribution in [2.75, 3.05) is 13.2 Å². The van der Waals surface area contributed by atoms with Gasteiger partial charge >= 0.3 is 0 Å². The van der Waals surface area contributed by atoms with E-state index in [1.807, 2.05) is 0 Å². The Labute approximate surface area is 59.7 Å². The van der Waals surface area contributed by atoms with Crippen LogP contribution in [0.3, 0.4) is 0 Å². The second-order valence-corrected chi connectivity index (χ2v) is 2.40. The summed E-state index contributed by atoms with van der Waals surface area (Å²) in [5.41, 5.74) is 0. The third kappa shape index (κ3) is 2.62. The summed E-state index contributed by atoms with van der Waals surface area (Å²) in [5.74, 6) is -0.401. The van der Waals surface area contributed by atoms with Gasteiger partial charge in [-0.25, -0.2) is 0 Å². The van der Waals surface area contributed by atoms with Crippen LogP contribution in [0.2, 0.25) is 0 Å². The summed E-state index contributed by atoms with van der Waals surface area (Å²) in [7, 11) is 0. The van der Waals surface area contributed by atoms with Gasteiger partial charge in [-0.1, -0.05) is 6.92 Å². The van der Waals surface area contributed by atoms with E-state index in [1.54, 1.807) is 6.92 Å². The molecular weight excluding hydrogens is 136 g/mol. The molecule has 0 aliphatic heterocycles. The Morgan fingerprint density at radius 2 is 1.60 bits per heavy atom. The van der Waals surface area contributed by atoms with Crippen LogP contribution >= 0.6 is 0 Å². The van der Waals surface area contributed by atoms with Gasteiger partial charge in [0.25, 0.3) is 0 Å². The van der Waals surface area contributed by atoms with Crippen LogP contribution in [0, 0.1) is 5.92 Å². The first-order valence-electron chi connectivity index (χ1n) is 3.21. The lowest BCUT2D eigenvalue weighted by atomic mass is 10.0. The molecule has 10 heavy (non-hydrogen) atoms. The van der Waals surface area contributed by atoms with Crippen molar-refractivity contribution in [1.29, 1.82) is 0 Å². The molecule has 0 saturated heterocycles. The highest BCUT2D eigenvalue weighted by atomic mass is 16.4. The minimum absolute atomic E-state index is 0.196. The highest BCUT2D eigenvalue weighted by Gasteiger charge is 2.20. The van der Waals surface area contributed by atoms with Crippen molar-refractivity contribution in [3.05, 3.63) is 0 Å². The topological polar surface area (TPSA) is 80.9 Å². The summed E-state index contributed by atoms with van der Waals surface area (Å²) in [6.45, 7) is 0.910. The van der Waals surface area contributed by atoms with E-state index < -0.39 is 24.7 Å². The molecule has 0 saturated carbocycles. The molecule has 3 atom stereocenters. The van der Waals surface area contributed by atoms with E-state index in [-0.39, 0.29) is 6.61 Å². The highest BCUT2D eigenvalue weighted by molar-refractivity contribution is 4.70. The van der Waals surface area contributed by atoms with Crippen molar-refractivity contribution >= 4 is 0 Å². The molecule has 0 aliphatic rings. The zero-order valence-corrected chi connectivity index (χ0v) is 5.94. The summed E-state index contributed by atoms with van der Waals surface area (Å²) >= 11 is 0. The van der Waals surface area contributed by atoms with Crippen LogP contribution in [0.4, 0.5) is 0 Å². The molecule has 0 radical (unpaired) electrons. The number of aliphatic hydroxyl groups excluding tert-OH is 4. The largest absolute Gasteiger partial charge is 0.396 e. The Morgan fingerprint density at radius 3 is 1.90 bits per heavy atom. The van der Waals surface area contributed by atoms with Crippen molar-refractivity contribution in [3.63, 3.8) is 0 Å². The Balaban J connectivity index is 3.69. The van der Waals surface area contributed by atoms with Gasteiger partial charge in [0.1, 0.15) is 6.10 Å². The van der Waals surface area contributed by atoms with E-state index in [0.29, 0.717) is 0 Å². The number of rotatable bonds is 4. The first-order chi connectivity index (χ1) is 4.63. The van der Waals surface area contributed by atoms with Crippen molar-refractivity contribution in [2.24, 2.45) is 5.92 Å². The molecule has 0 aromatic carbocycles.